The van der Waals surface area contributed by atoms with Crippen LogP contribution in [0.2, 0.25) is 0 Å². The average Bonchev–Trinajstić information content (AvgIpc) is 0.811. The third kappa shape index (κ3) is 23.9. The monoisotopic (exact) mass is 1550 g/mol. The third-order valence-electron chi connectivity index (χ3n) is 19.1. The lowest BCUT2D eigenvalue weighted by molar-refractivity contribution is -0.385. The van der Waals surface area contributed by atoms with Crippen molar-refractivity contribution in [2.24, 2.45) is 16.8 Å². The summed E-state index contributed by atoms with van der Waals surface area (Å²) in [5.74, 6) is -1.46. The van der Waals surface area contributed by atoms with Gasteiger partial charge in [0.1, 0.15) is 37.5 Å². The number of phenolic OH excluding ortho intramolecular Hbond substituents is 1. The first-order valence-electron chi connectivity index (χ1n) is 37.4. The summed E-state index contributed by atoms with van der Waals surface area (Å²) in [7, 11) is 7.06. The number of nitro benzene ring substituents is 2. The van der Waals surface area contributed by atoms with Crippen molar-refractivity contribution in [2.75, 3.05) is 74.1 Å². The van der Waals surface area contributed by atoms with Crippen LogP contribution >= 0.6 is 0 Å². The summed E-state index contributed by atoms with van der Waals surface area (Å²) in [6.45, 7) is 16.8. The first-order valence-corrected chi connectivity index (χ1v) is 37.4. The van der Waals surface area contributed by atoms with E-state index in [0.717, 1.165) is 42.3 Å². The van der Waals surface area contributed by atoms with Crippen molar-refractivity contribution in [3.8, 4) is 5.75 Å². The van der Waals surface area contributed by atoms with Crippen LogP contribution in [0.3, 0.4) is 0 Å². The second-order valence-corrected chi connectivity index (χ2v) is 27.5. The Morgan fingerprint density at radius 1 is 0.675 bits per heavy atom. The topological polar surface area (TPSA) is 326 Å². The number of rotatable bonds is 17. The molecule has 12 rings (SSSR count). The van der Waals surface area contributed by atoms with Crippen molar-refractivity contribution in [2.45, 2.75) is 91.5 Å². The Bertz CT molecular complexity index is 4870. The van der Waals surface area contributed by atoms with Gasteiger partial charge in [-0.2, -0.15) is 0 Å². The van der Waals surface area contributed by atoms with Gasteiger partial charge >= 0.3 is 24.2 Å². The Hall–Kier alpha value is -13.2. The van der Waals surface area contributed by atoms with E-state index < -0.39 is 45.9 Å². The predicted octanol–water partition coefficient (Wildman–Crippen LogP) is 15.5. The molecule has 2 fully saturated rings. The quantitative estimate of drug-likeness (QED) is 0.0129. The van der Waals surface area contributed by atoms with Crippen molar-refractivity contribution in [1.82, 2.24) is 34.1 Å². The average molecular weight is 1550 g/mol. The molecular formula is C87H96N10O17. The maximum Gasteiger partial charge on any atom is 0.436 e. The Kier molecular flexibility index (Phi) is 32.0. The van der Waals surface area contributed by atoms with E-state index in [2.05, 4.69) is 46.9 Å². The number of esters is 1. The van der Waals surface area contributed by atoms with Gasteiger partial charge in [0, 0.05) is 156 Å². The number of imidazole rings is 1. The number of hydrogen-bond acceptors (Lipinski definition) is 18. The Labute approximate surface area is 662 Å². The molecule has 4 amide bonds. The van der Waals surface area contributed by atoms with Crippen LogP contribution in [0, 0.1) is 32.1 Å². The molecule has 3 heterocycles. The molecule has 4 unspecified atom stereocenters. The number of phenols is 1. The molecule has 4 aliphatic rings. The minimum Gasteiger partial charge on any atom is -0.507 e. The van der Waals surface area contributed by atoms with E-state index in [1.807, 2.05) is 49.1 Å². The number of Topliss-reactive ketones (excluding diaryl/α,β-unsaturated/α-hetero) is 2. The SMILES string of the molecule is C=C(C)C(=O)OC1CCN(C(=O)/C=C/c2ccccc2[N+](=O)[O-])CC1.CC(COC(=O)N=C(N(C)C)N(C)C)c1ccccc1[N+](=O)[O-].CC(OC(=O)n1ccnc1)C1=CC2C(=O)c3ccccc3C(=O)C2C=C1.CCN(CC)C(=O)OCc1c2ccccc2cc2ccccc12.O=C(/C=C/c1ccccc1O)N1CCCCC1. The normalized spacial score (nSPS) is 15.3. The van der Waals surface area contributed by atoms with Crippen LogP contribution in [0.15, 0.2) is 223 Å². The van der Waals surface area contributed by atoms with Crippen molar-refractivity contribution >= 4 is 98.7 Å². The molecule has 0 bridgehead atoms. The number of fused-ring (bicyclic) bond motifs is 4. The van der Waals surface area contributed by atoms with Gasteiger partial charge in [0.05, 0.1) is 27.2 Å². The van der Waals surface area contributed by atoms with E-state index in [1.54, 1.807) is 178 Å². The Balaban J connectivity index is 0.000000179. The molecule has 4 atom stereocenters. The summed E-state index contributed by atoms with van der Waals surface area (Å²) in [6.07, 6.45) is 17.8. The van der Waals surface area contributed by atoms with E-state index in [4.69, 9.17) is 18.9 Å². The van der Waals surface area contributed by atoms with E-state index in [-0.39, 0.29) is 71.8 Å². The molecule has 0 radical (unpaired) electrons. The molecule has 0 spiro atoms. The number of likely N-dealkylation sites (tertiary alicyclic amines) is 2. The summed E-state index contributed by atoms with van der Waals surface area (Å²) < 4.78 is 22.6. The second kappa shape index (κ2) is 42.3. The van der Waals surface area contributed by atoms with Gasteiger partial charge < -0.3 is 48.6 Å². The highest BCUT2D eigenvalue weighted by atomic mass is 16.6. The van der Waals surface area contributed by atoms with Crippen molar-refractivity contribution < 1.29 is 72.3 Å². The van der Waals surface area contributed by atoms with Gasteiger partial charge in [0.2, 0.25) is 17.8 Å². The highest BCUT2D eigenvalue weighted by Crippen LogP contribution is 2.37. The number of guanidine groups is 1. The van der Waals surface area contributed by atoms with Crippen LogP contribution in [0.5, 0.6) is 5.75 Å². The molecule has 1 aromatic heterocycles. The van der Waals surface area contributed by atoms with E-state index >= 15 is 0 Å². The molecular weight excluding hydrogens is 1460 g/mol. The van der Waals surface area contributed by atoms with E-state index in [1.165, 1.54) is 64.8 Å². The van der Waals surface area contributed by atoms with Gasteiger partial charge in [0.15, 0.2) is 11.6 Å². The molecule has 1 N–H and O–H groups in total. The molecule has 0 saturated carbocycles. The van der Waals surface area contributed by atoms with Crippen LogP contribution in [0.1, 0.15) is 116 Å². The summed E-state index contributed by atoms with van der Waals surface area (Å²) in [5.41, 5.74) is 4.59. The zero-order valence-corrected chi connectivity index (χ0v) is 65.4. The van der Waals surface area contributed by atoms with Crippen molar-refractivity contribution in [3.05, 3.63) is 272 Å². The fraction of sp³-hybridized carbons (Fsp3) is 0.310. The van der Waals surface area contributed by atoms with Gasteiger partial charge in [-0.05, 0) is 104 Å². The second-order valence-electron chi connectivity index (χ2n) is 27.5. The number of amides is 4. The lowest BCUT2D eigenvalue weighted by Crippen LogP contribution is -2.40. The molecule has 596 valence electrons. The summed E-state index contributed by atoms with van der Waals surface area (Å²) in [6, 6.07) is 45.2. The first-order chi connectivity index (χ1) is 54.7. The summed E-state index contributed by atoms with van der Waals surface area (Å²) >= 11 is 0. The number of nitrogens with zero attached hydrogens (tertiary/aromatic N) is 10. The lowest BCUT2D eigenvalue weighted by Gasteiger charge is -2.31. The summed E-state index contributed by atoms with van der Waals surface area (Å²) in [4.78, 5) is 134. The summed E-state index contributed by atoms with van der Waals surface area (Å²) in [5, 5.41) is 36.2. The minimum atomic E-state index is -0.729. The number of hydrogen-bond donors (Lipinski definition) is 1. The molecule has 8 aromatic rings. The highest BCUT2D eigenvalue weighted by Gasteiger charge is 2.41. The molecule has 2 aliphatic carbocycles. The first kappa shape index (κ1) is 86.4. The highest BCUT2D eigenvalue weighted by molar-refractivity contribution is 6.17. The number of carbonyl (C=O) groups excluding carboxylic acids is 8. The number of carbonyl (C=O) groups is 8. The van der Waals surface area contributed by atoms with Gasteiger partial charge in [-0.3, -0.25) is 39.4 Å². The van der Waals surface area contributed by atoms with E-state index in [9.17, 15) is 63.7 Å². The number of benzene rings is 7. The number of aromatic nitrogens is 2. The van der Waals surface area contributed by atoms with Crippen LogP contribution in [-0.4, -0.2) is 189 Å². The Morgan fingerprint density at radius 2 is 1.20 bits per heavy atom. The van der Waals surface area contributed by atoms with Crippen LogP contribution in [0.4, 0.5) is 25.8 Å². The van der Waals surface area contributed by atoms with Crippen LogP contribution in [0.25, 0.3) is 33.7 Å². The van der Waals surface area contributed by atoms with E-state index in [0.29, 0.717) is 83.9 Å². The van der Waals surface area contributed by atoms with Crippen molar-refractivity contribution in [3.63, 3.8) is 0 Å². The predicted molar refractivity (Wildman–Crippen MR) is 435 cm³/mol. The fourth-order valence-electron chi connectivity index (χ4n) is 12.9. The number of ketones is 2. The molecule has 114 heavy (non-hydrogen) atoms. The molecule has 2 saturated heterocycles. The van der Waals surface area contributed by atoms with Crippen molar-refractivity contribution in [1.29, 1.82) is 0 Å². The van der Waals surface area contributed by atoms with Crippen LogP contribution < -0.4 is 0 Å². The molecule has 7 aromatic carbocycles. The number of piperidine rings is 2. The number of nitro groups is 2. The number of para-hydroxylation sites is 3. The zero-order chi connectivity index (χ0) is 82.5. The maximum atomic E-state index is 12.8. The lowest BCUT2D eigenvalue weighted by atomic mass is 9.71. The number of allylic oxidation sites excluding steroid dienone is 2. The number of aromatic hydroxyl groups is 1. The van der Waals surface area contributed by atoms with Crippen LogP contribution in [-0.2, 0) is 39.9 Å². The largest absolute Gasteiger partial charge is 0.507 e. The molecule has 27 nitrogen and oxygen atoms in total. The smallest absolute Gasteiger partial charge is 0.436 e. The fourth-order valence-corrected chi connectivity index (χ4v) is 12.9. The molecule has 2 aliphatic heterocycles. The van der Waals surface area contributed by atoms with Gasteiger partial charge in [-0.15, -0.1) is 4.99 Å². The minimum absolute atomic E-state index is 0.0152. The zero-order valence-electron chi connectivity index (χ0n) is 65.4. The van der Waals surface area contributed by atoms with Gasteiger partial charge in [0.25, 0.3) is 11.4 Å². The van der Waals surface area contributed by atoms with Gasteiger partial charge in [-0.25, -0.2) is 28.7 Å². The standard InChI is InChI=1S/C20H16N2O4.C20H21NO2.C18H20N2O5.C15H22N4O4.C14H17NO2/c1-12(26-20(25)22-9-8-21-11-22)13-6-7-16-17(10-13)19(24)15-5-3-2-4-14(15)18(16)23;1-3-21(4-2)20(22)23-14-19-17-11-7-5-9-15(17)13-16-10-6-8-12-18(16)19;1-13(2)18(22)25-15-9-11-19(12-10-15)17(21)8-7-14-5-3-4-6-16(14)20(23)24;1-11(12-8-6-7-9-13(12)19(21)22)10-23-15(20)16-14(17(2)3)18(4)5;16-13-7-3-2-6-12(13)8-9-14(17)15-10-4-1-5-11-15/h2-12,16-17H,1H3;5-13H,3-4,14H2,1-2H3;3-8,15H,1,9-12H2,2H3;6-9,11H,10H2,1-5H3;2-3,6-9,16H,1,4-5,10-11H2/b;;8-7+;;9-8+. The third-order valence-corrected chi connectivity index (χ3v) is 19.1. The maximum absolute atomic E-state index is 12.8. The Morgan fingerprint density at radius 3 is 1.76 bits per heavy atom. The number of ether oxygens (including phenoxy) is 4. The molecule has 27 heteroatoms. The van der Waals surface area contributed by atoms with Gasteiger partial charge in [-0.1, -0.05) is 153 Å². The number of aliphatic imine (C=N–C) groups is 1.